The predicted octanol–water partition coefficient (Wildman–Crippen LogP) is 16.7. The molecular formula is C55H109NO5. The van der Waals surface area contributed by atoms with Crippen LogP contribution in [0.5, 0.6) is 0 Å². The Morgan fingerprint density at radius 1 is 0.393 bits per heavy atom. The molecule has 0 aliphatic rings. The van der Waals surface area contributed by atoms with E-state index in [0.29, 0.717) is 25.9 Å². The van der Waals surface area contributed by atoms with Gasteiger partial charge in [-0.15, -0.1) is 0 Å². The summed E-state index contributed by atoms with van der Waals surface area (Å²) < 4.78 is 5.47. The van der Waals surface area contributed by atoms with E-state index in [9.17, 15) is 19.8 Å². The normalized spacial score (nSPS) is 12.5. The number of unbranched alkanes of at least 4 members (excludes halogenated alkanes) is 41. The minimum Gasteiger partial charge on any atom is -0.466 e. The third kappa shape index (κ3) is 48.2. The van der Waals surface area contributed by atoms with Crippen molar-refractivity contribution in [2.24, 2.45) is 0 Å². The molecule has 3 N–H and O–H groups in total. The lowest BCUT2D eigenvalue weighted by atomic mass is 10.0. The molecule has 61 heavy (non-hydrogen) atoms. The summed E-state index contributed by atoms with van der Waals surface area (Å²) in [5, 5.41) is 23.3. The molecule has 0 spiro atoms. The summed E-state index contributed by atoms with van der Waals surface area (Å²) in [5.41, 5.74) is 0. The van der Waals surface area contributed by atoms with Gasteiger partial charge < -0.3 is 20.3 Å². The molecular weight excluding hydrogens is 755 g/mol. The number of carbonyl (C=O) groups excluding carboxylic acids is 2. The number of hydrogen-bond donors (Lipinski definition) is 3. The molecule has 0 aliphatic carbocycles. The first-order valence-electron chi connectivity index (χ1n) is 27.8. The molecule has 0 radical (unpaired) electrons. The van der Waals surface area contributed by atoms with Crippen LogP contribution in [-0.2, 0) is 14.3 Å². The van der Waals surface area contributed by atoms with Crippen molar-refractivity contribution >= 4 is 11.9 Å². The van der Waals surface area contributed by atoms with Crippen molar-refractivity contribution in [3.05, 3.63) is 0 Å². The molecule has 6 heteroatoms. The molecule has 0 aromatic rings. The van der Waals surface area contributed by atoms with Gasteiger partial charge in [-0.1, -0.05) is 277 Å². The van der Waals surface area contributed by atoms with Gasteiger partial charge in [-0.25, -0.2) is 0 Å². The minimum absolute atomic E-state index is 0.000336. The van der Waals surface area contributed by atoms with E-state index in [1.807, 2.05) is 0 Å². The van der Waals surface area contributed by atoms with Crippen LogP contribution >= 0.6 is 0 Å². The van der Waals surface area contributed by atoms with Crippen LogP contribution in [0.25, 0.3) is 0 Å². The number of esters is 1. The molecule has 0 aromatic carbocycles. The summed E-state index contributed by atoms with van der Waals surface area (Å²) in [4.78, 5) is 24.5. The molecule has 1 amide bonds. The first-order valence-corrected chi connectivity index (χ1v) is 27.8. The van der Waals surface area contributed by atoms with E-state index in [1.54, 1.807) is 0 Å². The van der Waals surface area contributed by atoms with Crippen LogP contribution in [0.4, 0.5) is 0 Å². The topological polar surface area (TPSA) is 95.9 Å². The summed E-state index contributed by atoms with van der Waals surface area (Å²) in [6.07, 6.45) is 57.9. The Morgan fingerprint density at radius 2 is 0.672 bits per heavy atom. The summed E-state index contributed by atoms with van der Waals surface area (Å²) in [6.45, 7) is 4.95. The highest BCUT2D eigenvalue weighted by atomic mass is 16.5. The number of carbonyl (C=O) groups is 2. The Kier molecular flexibility index (Phi) is 50.5. The molecule has 364 valence electrons. The Balaban J connectivity index is 3.43. The van der Waals surface area contributed by atoms with Crippen molar-refractivity contribution in [3.8, 4) is 0 Å². The highest BCUT2D eigenvalue weighted by molar-refractivity contribution is 5.76. The van der Waals surface area contributed by atoms with E-state index in [-0.39, 0.29) is 18.5 Å². The number of ether oxygens (including phenoxy) is 1. The number of rotatable bonds is 52. The number of nitrogens with one attached hydrogen (secondary N) is 1. The molecule has 2 atom stereocenters. The Bertz CT molecular complexity index is 867. The third-order valence-electron chi connectivity index (χ3n) is 13.2. The van der Waals surface area contributed by atoms with Crippen LogP contribution in [0.1, 0.15) is 316 Å². The SMILES string of the molecule is CCCCCCCCCCCCCCCCCCCC(O)C(CO)NC(=O)CCCCCCCCCCCCCCCCOC(=O)CCCCCCCCCCCCCCC. The second kappa shape index (κ2) is 51.5. The minimum atomic E-state index is -0.670. The third-order valence-corrected chi connectivity index (χ3v) is 13.2. The molecule has 0 saturated carbocycles. The maximum absolute atomic E-state index is 12.5. The second-order valence-electron chi connectivity index (χ2n) is 19.3. The Morgan fingerprint density at radius 3 is 1.00 bits per heavy atom. The smallest absolute Gasteiger partial charge is 0.305 e. The zero-order chi connectivity index (χ0) is 44.4. The van der Waals surface area contributed by atoms with E-state index in [4.69, 9.17) is 4.74 Å². The van der Waals surface area contributed by atoms with Gasteiger partial charge in [-0.3, -0.25) is 9.59 Å². The fourth-order valence-corrected chi connectivity index (χ4v) is 8.88. The average Bonchev–Trinajstić information content (AvgIpc) is 3.26. The maximum atomic E-state index is 12.5. The number of hydrogen-bond acceptors (Lipinski definition) is 5. The van der Waals surface area contributed by atoms with E-state index < -0.39 is 12.1 Å². The van der Waals surface area contributed by atoms with Crippen LogP contribution in [0.3, 0.4) is 0 Å². The molecule has 0 saturated heterocycles. The zero-order valence-electron chi connectivity index (χ0n) is 41.4. The standard InChI is InChI=1S/C55H109NO5/c1-3-5-7-9-11-13-15-17-18-19-20-24-27-31-35-39-43-47-53(58)52(51-57)56-54(59)48-44-40-36-32-28-25-21-22-26-30-34-38-42-46-50-61-55(60)49-45-41-37-33-29-23-16-14-12-10-8-6-4-2/h52-53,57-58H,3-51H2,1-2H3,(H,56,59). The molecule has 0 fully saturated rings. The van der Waals surface area contributed by atoms with E-state index in [1.165, 1.54) is 231 Å². The van der Waals surface area contributed by atoms with E-state index >= 15 is 0 Å². The predicted molar refractivity (Wildman–Crippen MR) is 264 cm³/mol. The quantitative estimate of drug-likeness (QED) is 0.0418. The van der Waals surface area contributed by atoms with Crippen LogP contribution in [-0.4, -0.2) is 47.4 Å². The largest absolute Gasteiger partial charge is 0.466 e. The van der Waals surface area contributed by atoms with Gasteiger partial charge in [0.2, 0.25) is 5.91 Å². The average molecular weight is 864 g/mol. The van der Waals surface area contributed by atoms with Crippen LogP contribution < -0.4 is 5.32 Å². The van der Waals surface area contributed by atoms with E-state index in [0.717, 1.165) is 51.4 Å². The molecule has 0 bridgehead atoms. The molecule has 6 nitrogen and oxygen atoms in total. The zero-order valence-corrected chi connectivity index (χ0v) is 41.4. The first-order chi connectivity index (χ1) is 30.0. The summed E-state index contributed by atoms with van der Waals surface area (Å²) in [7, 11) is 0. The Hall–Kier alpha value is -1.14. The monoisotopic (exact) mass is 864 g/mol. The van der Waals surface area contributed by atoms with Crippen molar-refractivity contribution < 1.29 is 24.5 Å². The Labute approximate surface area is 381 Å². The molecule has 0 aliphatic heterocycles. The molecule has 0 aromatic heterocycles. The number of aliphatic hydroxyl groups excluding tert-OH is 2. The fraction of sp³-hybridized carbons (Fsp3) is 0.964. The van der Waals surface area contributed by atoms with Crippen molar-refractivity contribution in [1.82, 2.24) is 5.32 Å². The lowest BCUT2D eigenvalue weighted by Gasteiger charge is -2.22. The fourth-order valence-electron chi connectivity index (χ4n) is 8.88. The summed E-state index contributed by atoms with van der Waals surface area (Å²) in [6, 6.07) is -0.548. The molecule has 0 rings (SSSR count). The van der Waals surface area contributed by atoms with Gasteiger partial charge in [0.15, 0.2) is 0 Å². The van der Waals surface area contributed by atoms with Gasteiger partial charge in [0.05, 0.1) is 25.4 Å². The second-order valence-corrected chi connectivity index (χ2v) is 19.3. The highest BCUT2D eigenvalue weighted by Crippen LogP contribution is 2.18. The lowest BCUT2D eigenvalue weighted by molar-refractivity contribution is -0.143. The van der Waals surface area contributed by atoms with Gasteiger partial charge in [-0.2, -0.15) is 0 Å². The summed E-state index contributed by atoms with van der Waals surface area (Å²) in [5.74, 6) is -0.0419. The van der Waals surface area contributed by atoms with Crippen LogP contribution in [0, 0.1) is 0 Å². The van der Waals surface area contributed by atoms with Gasteiger partial charge >= 0.3 is 5.97 Å². The van der Waals surface area contributed by atoms with Gasteiger partial charge in [0.25, 0.3) is 0 Å². The van der Waals surface area contributed by atoms with Crippen molar-refractivity contribution in [2.75, 3.05) is 13.2 Å². The van der Waals surface area contributed by atoms with Crippen molar-refractivity contribution in [1.29, 1.82) is 0 Å². The molecule has 2 unspecified atom stereocenters. The highest BCUT2D eigenvalue weighted by Gasteiger charge is 2.20. The van der Waals surface area contributed by atoms with Crippen molar-refractivity contribution in [2.45, 2.75) is 328 Å². The lowest BCUT2D eigenvalue weighted by Crippen LogP contribution is -2.45. The van der Waals surface area contributed by atoms with Gasteiger partial charge in [0.1, 0.15) is 0 Å². The molecule has 0 heterocycles. The number of aliphatic hydroxyl groups is 2. The first kappa shape index (κ1) is 59.9. The van der Waals surface area contributed by atoms with E-state index in [2.05, 4.69) is 19.2 Å². The van der Waals surface area contributed by atoms with Gasteiger partial charge in [-0.05, 0) is 25.7 Å². The van der Waals surface area contributed by atoms with Crippen LogP contribution in [0.15, 0.2) is 0 Å². The number of amides is 1. The summed E-state index contributed by atoms with van der Waals surface area (Å²) >= 11 is 0. The van der Waals surface area contributed by atoms with Crippen molar-refractivity contribution in [3.63, 3.8) is 0 Å². The van der Waals surface area contributed by atoms with Crippen LogP contribution in [0.2, 0.25) is 0 Å². The van der Waals surface area contributed by atoms with Gasteiger partial charge in [0, 0.05) is 12.8 Å². The maximum Gasteiger partial charge on any atom is 0.305 e.